The van der Waals surface area contributed by atoms with Gasteiger partial charge >= 0.3 is 7.12 Å². The number of hydrogen-bond acceptors (Lipinski definition) is 6. The van der Waals surface area contributed by atoms with Crippen molar-refractivity contribution >= 4 is 18.4 Å². The predicted octanol–water partition coefficient (Wildman–Crippen LogP) is 1.21. The lowest BCUT2D eigenvalue weighted by molar-refractivity contribution is -0.0819. The number of nitrogens with one attached hydrogen (secondary N) is 1. The van der Waals surface area contributed by atoms with Crippen LogP contribution in [0.2, 0.25) is 0 Å². The first-order chi connectivity index (χ1) is 10.9. The summed E-state index contributed by atoms with van der Waals surface area (Å²) < 4.78 is 23.0. The van der Waals surface area contributed by atoms with Gasteiger partial charge in [0.25, 0.3) is 0 Å². The Kier molecular flexibility index (Phi) is 4.64. The van der Waals surface area contributed by atoms with E-state index < -0.39 is 0 Å². The fourth-order valence-corrected chi connectivity index (χ4v) is 2.50. The fourth-order valence-electron chi connectivity index (χ4n) is 2.50. The molecule has 0 saturated carbocycles. The molecular weight excluding hydrogens is 295 g/mol. The molecule has 6 nitrogen and oxygen atoms in total. The highest BCUT2D eigenvalue weighted by atomic mass is 16.7. The van der Waals surface area contributed by atoms with E-state index in [2.05, 4.69) is 10.3 Å². The minimum atomic E-state index is -0.378. The van der Waals surface area contributed by atoms with Crippen LogP contribution in [0.15, 0.2) is 18.3 Å². The van der Waals surface area contributed by atoms with Crippen LogP contribution in [0.5, 0.6) is 0 Å². The minimum Gasteiger partial charge on any atom is -0.399 e. The van der Waals surface area contributed by atoms with Crippen molar-refractivity contribution in [1.82, 2.24) is 4.98 Å². The summed E-state index contributed by atoms with van der Waals surface area (Å²) in [6.07, 6.45) is 1.87. The molecule has 3 heterocycles. The number of aromatic nitrogens is 1. The maximum absolute atomic E-state index is 6.03. The van der Waals surface area contributed by atoms with Gasteiger partial charge in [0.1, 0.15) is 5.82 Å². The molecule has 0 spiro atoms. The van der Waals surface area contributed by atoms with Crippen LogP contribution in [-0.2, 0) is 18.8 Å². The molecule has 23 heavy (non-hydrogen) atoms. The van der Waals surface area contributed by atoms with Crippen LogP contribution in [0.1, 0.15) is 27.7 Å². The maximum atomic E-state index is 6.03. The molecule has 0 radical (unpaired) electrons. The van der Waals surface area contributed by atoms with Crippen molar-refractivity contribution in [3.8, 4) is 0 Å². The summed E-state index contributed by atoms with van der Waals surface area (Å²) in [4.78, 5) is 4.44. The topological polar surface area (TPSA) is 61.8 Å². The van der Waals surface area contributed by atoms with Crippen molar-refractivity contribution in [3.05, 3.63) is 18.3 Å². The van der Waals surface area contributed by atoms with Crippen molar-refractivity contribution in [1.29, 1.82) is 0 Å². The van der Waals surface area contributed by atoms with Gasteiger partial charge in [-0.25, -0.2) is 4.98 Å². The molecule has 0 unspecified atom stereocenters. The number of pyridine rings is 1. The molecule has 2 aliphatic rings. The lowest BCUT2D eigenvalue weighted by atomic mass is 9.80. The minimum absolute atomic E-state index is 0.0772. The third-order valence-corrected chi connectivity index (χ3v) is 4.71. The van der Waals surface area contributed by atoms with E-state index in [0.29, 0.717) is 26.4 Å². The molecule has 0 bridgehead atoms. The first-order valence-corrected chi connectivity index (χ1v) is 8.12. The Labute approximate surface area is 138 Å². The van der Waals surface area contributed by atoms with Gasteiger partial charge in [0.05, 0.1) is 37.1 Å². The summed E-state index contributed by atoms with van der Waals surface area (Å²) >= 11 is 0. The Hall–Kier alpha value is -1.15. The van der Waals surface area contributed by atoms with Crippen molar-refractivity contribution in [3.63, 3.8) is 0 Å². The second-order valence-corrected chi connectivity index (χ2v) is 7.01. The van der Waals surface area contributed by atoms with Crippen molar-refractivity contribution in [2.24, 2.45) is 0 Å². The average molecular weight is 320 g/mol. The predicted molar refractivity (Wildman–Crippen MR) is 89.0 cm³/mol. The summed E-state index contributed by atoms with van der Waals surface area (Å²) in [6.45, 7) is 10.8. The molecular formula is C16H25BN2O4. The van der Waals surface area contributed by atoms with Crippen molar-refractivity contribution < 1.29 is 18.8 Å². The van der Waals surface area contributed by atoms with E-state index in [4.69, 9.17) is 18.8 Å². The van der Waals surface area contributed by atoms with Crippen LogP contribution >= 0.6 is 0 Å². The highest BCUT2D eigenvalue weighted by Crippen LogP contribution is 2.36. The number of ether oxygens (including phenoxy) is 2. The van der Waals surface area contributed by atoms with Gasteiger partial charge in [-0.2, -0.15) is 0 Å². The molecule has 2 aliphatic heterocycles. The van der Waals surface area contributed by atoms with E-state index in [1.165, 1.54) is 0 Å². The Morgan fingerprint density at radius 2 is 1.91 bits per heavy atom. The van der Waals surface area contributed by atoms with E-state index >= 15 is 0 Å². The number of nitrogens with zero attached hydrogens (tertiary/aromatic N) is 1. The molecule has 0 amide bonds. The van der Waals surface area contributed by atoms with Gasteiger partial charge in [-0.05, 0) is 33.8 Å². The highest BCUT2D eigenvalue weighted by Gasteiger charge is 2.51. The van der Waals surface area contributed by atoms with Crippen LogP contribution in [0.3, 0.4) is 0 Å². The summed E-state index contributed by atoms with van der Waals surface area (Å²) in [5.41, 5.74) is 0.242. The largest absolute Gasteiger partial charge is 0.496 e. The normalized spacial score (nSPS) is 26.3. The van der Waals surface area contributed by atoms with E-state index in [1.54, 1.807) is 6.20 Å². The molecule has 0 aliphatic carbocycles. The summed E-state index contributed by atoms with van der Waals surface area (Å²) in [7, 11) is -0.378. The Balaban J connectivity index is 1.57. The molecule has 2 fully saturated rings. The number of hydrogen-bond donors (Lipinski definition) is 1. The van der Waals surface area contributed by atoms with E-state index in [9.17, 15) is 0 Å². The molecule has 2 saturated heterocycles. The van der Waals surface area contributed by atoms with Crippen molar-refractivity contribution in [2.45, 2.75) is 45.0 Å². The average Bonchev–Trinajstić information content (AvgIpc) is 2.75. The standard InChI is InChI=1S/C16H25BN2O4/c1-15(2)16(3,4)23-17(22-15)12-5-6-14(18-9-12)19-10-13-11-20-7-8-21-13/h5-6,9,13H,7-8,10-11H2,1-4H3,(H,18,19)/t13-/m0/s1. The molecule has 0 aromatic carbocycles. The molecule has 1 atom stereocenters. The van der Waals surface area contributed by atoms with Gasteiger partial charge in [0, 0.05) is 18.2 Å². The van der Waals surface area contributed by atoms with Gasteiger partial charge in [0.15, 0.2) is 0 Å². The summed E-state index contributed by atoms with van der Waals surface area (Å²) in [6, 6.07) is 3.92. The molecule has 3 rings (SSSR count). The molecule has 1 N–H and O–H groups in total. The highest BCUT2D eigenvalue weighted by molar-refractivity contribution is 6.62. The monoisotopic (exact) mass is 320 g/mol. The molecule has 126 valence electrons. The molecule has 1 aromatic heterocycles. The fraction of sp³-hybridized carbons (Fsp3) is 0.688. The van der Waals surface area contributed by atoms with Gasteiger partial charge in [-0.1, -0.05) is 6.07 Å². The number of rotatable bonds is 4. The van der Waals surface area contributed by atoms with Gasteiger partial charge in [-0.3, -0.25) is 0 Å². The Morgan fingerprint density at radius 3 is 2.48 bits per heavy atom. The zero-order valence-corrected chi connectivity index (χ0v) is 14.3. The maximum Gasteiger partial charge on any atom is 0.496 e. The van der Waals surface area contributed by atoms with E-state index in [1.807, 2.05) is 39.8 Å². The zero-order chi connectivity index (χ0) is 16.5. The van der Waals surface area contributed by atoms with Gasteiger partial charge < -0.3 is 24.1 Å². The number of anilines is 1. The van der Waals surface area contributed by atoms with Crippen molar-refractivity contribution in [2.75, 3.05) is 31.7 Å². The van der Waals surface area contributed by atoms with Crippen LogP contribution < -0.4 is 10.8 Å². The second-order valence-electron chi connectivity index (χ2n) is 7.01. The van der Waals surface area contributed by atoms with Gasteiger partial charge in [0.2, 0.25) is 0 Å². The first-order valence-electron chi connectivity index (χ1n) is 8.12. The van der Waals surface area contributed by atoms with Gasteiger partial charge in [-0.15, -0.1) is 0 Å². The smallest absolute Gasteiger partial charge is 0.399 e. The summed E-state index contributed by atoms with van der Waals surface area (Å²) in [5, 5.41) is 3.27. The van der Waals surface area contributed by atoms with Crippen LogP contribution in [0, 0.1) is 0 Å². The van der Waals surface area contributed by atoms with E-state index in [-0.39, 0.29) is 24.4 Å². The Morgan fingerprint density at radius 1 is 1.17 bits per heavy atom. The Bertz CT molecular complexity index is 513. The first kappa shape index (κ1) is 16.7. The lowest BCUT2D eigenvalue weighted by Gasteiger charge is -2.32. The van der Waals surface area contributed by atoms with Crippen LogP contribution in [0.25, 0.3) is 0 Å². The SMILES string of the molecule is CC1(C)OB(c2ccc(NC[C@H]3COCCO3)nc2)OC1(C)C. The summed E-state index contributed by atoms with van der Waals surface area (Å²) in [5.74, 6) is 0.805. The van der Waals surface area contributed by atoms with E-state index in [0.717, 1.165) is 11.3 Å². The second kappa shape index (κ2) is 6.40. The quantitative estimate of drug-likeness (QED) is 0.842. The third kappa shape index (κ3) is 3.69. The van der Waals surface area contributed by atoms with Crippen LogP contribution in [-0.4, -0.2) is 55.8 Å². The molecule has 1 aromatic rings. The van der Waals surface area contributed by atoms with Crippen LogP contribution in [0.4, 0.5) is 5.82 Å². The molecule has 7 heteroatoms. The zero-order valence-electron chi connectivity index (χ0n) is 14.3. The third-order valence-electron chi connectivity index (χ3n) is 4.71. The lowest BCUT2D eigenvalue weighted by Crippen LogP contribution is -2.41.